The average Bonchev–Trinajstić information content (AvgIpc) is 3.00. The number of furan rings is 1. The number of carbonyl (C=O) groups excluding carboxylic acids is 1. The number of amides is 1. The van der Waals surface area contributed by atoms with E-state index in [-0.39, 0.29) is 11.9 Å². The Bertz CT molecular complexity index is 661. The quantitative estimate of drug-likeness (QED) is 0.898. The van der Waals surface area contributed by atoms with Crippen molar-refractivity contribution in [3.63, 3.8) is 0 Å². The predicted octanol–water partition coefficient (Wildman–Crippen LogP) is 4.12. The number of hydrogen-bond donors (Lipinski definition) is 1. The molecule has 4 heteroatoms. The van der Waals surface area contributed by atoms with Gasteiger partial charge in [0.25, 0.3) is 0 Å². The summed E-state index contributed by atoms with van der Waals surface area (Å²) in [4.78, 5) is 14.4. The Morgan fingerprint density at radius 2 is 2.08 bits per heavy atom. The van der Waals surface area contributed by atoms with Gasteiger partial charge in [-0.2, -0.15) is 0 Å². The van der Waals surface area contributed by atoms with Crippen LogP contribution in [0.1, 0.15) is 51.3 Å². The van der Waals surface area contributed by atoms with Gasteiger partial charge >= 0.3 is 0 Å². The lowest BCUT2D eigenvalue weighted by molar-refractivity contribution is -0.123. The van der Waals surface area contributed by atoms with Gasteiger partial charge in [0.15, 0.2) is 0 Å². The van der Waals surface area contributed by atoms with Crippen LogP contribution >= 0.6 is 0 Å². The van der Waals surface area contributed by atoms with Crippen molar-refractivity contribution < 1.29 is 9.21 Å². The highest BCUT2D eigenvalue weighted by atomic mass is 16.3. The van der Waals surface area contributed by atoms with E-state index in [1.807, 2.05) is 36.2 Å². The molecular formula is C20H28N2O2. The normalized spacial score (nSPS) is 22.7. The third kappa shape index (κ3) is 3.81. The molecule has 1 aromatic heterocycles. The lowest BCUT2D eigenvalue weighted by atomic mass is 9.86. The van der Waals surface area contributed by atoms with Gasteiger partial charge in [0.1, 0.15) is 11.3 Å². The first-order chi connectivity index (χ1) is 11.5. The Balaban J connectivity index is 1.58. The monoisotopic (exact) mass is 328 g/mol. The summed E-state index contributed by atoms with van der Waals surface area (Å²) in [6.45, 7) is 4.71. The largest absolute Gasteiger partial charge is 0.459 e. The number of para-hydroxylation sites is 1. The van der Waals surface area contributed by atoms with Crippen molar-refractivity contribution in [3.05, 3.63) is 36.1 Å². The number of fused-ring (bicyclic) bond motifs is 1. The number of hydrogen-bond acceptors (Lipinski definition) is 3. The summed E-state index contributed by atoms with van der Waals surface area (Å²) in [6, 6.07) is 10.5. The topological polar surface area (TPSA) is 45.5 Å². The van der Waals surface area contributed by atoms with Crippen LogP contribution in [0.2, 0.25) is 0 Å². The summed E-state index contributed by atoms with van der Waals surface area (Å²) >= 11 is 0. The Labute approximate surface area is 144 Å². The zero-order valence-electron chi connectivity index (χ0n) is 14.9. The van der Waals surface area contributed by atoms with Gasteiger partial charge in [-0.3, -0.25) is 9.69 Å². The van der Waals surface area contributed by atoms with Crippen LogP contribution in [0.5, 0.6) is 0 Å². The fourth-order valence-corrected chi connectivity index (χ4v) is 3.57. The molecule has 130 valence electrons. The smallest absolute Gasteiger partial charge is 0.234 e. The summed E-state index contributed by atoms with van der Waals surface area (Å²) in [6.07, 6.45) is 4.84. The van der Waals surface area contributed by atoms with Gasteiger partial charge < -0.3 is 9.73 Å². The van der Waals surface area contributed by atoms with Crippen LogP contribution in [0.15, 0.2) is 34.7 Å². The van der Waals surface area contributed by atoms with Crippen LogP contribution in [-0.4, -0.2) is 30.4 Å². The summed E-state index contributed by atoms with van der Waals surface area (Å²) in [5.74, 6) is 1.59. The van der Waals surface area contributed by atoms with Crippen LogP contribution in [-0.2, 0) is 4.79 Å². The first kappa shape index (κ1) is 17.0. The van der Waals surface area contributed by atoms with Crippen LogP contribution in [0, 0.1) is 5.92 Å². The highest BCUT2D eigenvalue weighted by Crippen LogP contribution is 2.27. The second-order valence-corrected chi connectivity index (χ2v) is 7.21. The SMILES string of the molecule is C[C@@H]1CCCC[C@H]1NC(=O)CN(C)[C@@H](C)c1cc2ccccc2o1. The summed E-state index contributed by atoms with van der Waals surface area (Å²) in [5.41, 5.74) is 0.897. The third-order valence-corrected chi connectivity index (χ3v) is 5.37. The predicted molar refractivity (Wildman–Crippen MR) is 96.8 cm³/mol. The molecule has 1 aromatic carbocycles. The minimum Gasteiger partial charge on any atom is -0.459 e. The zero-order valence-corrected chi connectivity index (χ0v) is 14.9. The summed E-state index contributed by atoms with van der Waals surface area (Å²) in [7, 11) is 1.97. The number of likely N-dealkylation sites (N-methyl/N-ethyl adjacent to an activating group) is 1. The molecule has 1 heterocycles. The van der Waals surface area contributed by atoms with Gasteiger partial charge in [0.2, 0.25) is 5.91 Å². The van der Waals surface area contributed by atoms with Crippen molar-refractivity contribution in [2.24, 2.45) is 5.92 Å². The van der Waals surface area contributed by atoms with Crippen molar-refractivity contribution >= 4 is 16.9 Å². The van der Waals surface area contributed by atoms with E-state index in [4.69, 9.17) is 4.42 Å². The molecule has 1 N–H and O–H groups in total. The van der Waals surface area contributed by atoms with E-state index in [0.29, 0.717) is 18.5 Å². The molecule has 1 amide bonds. The Hall–Kier alpha value is -1.81. The van der Waals surface area contributed by atoms with E-state index < -0.39 is 0 Å². The number of rotatable bonds is 5. The Kier molecular flexibility index (Phi) is 5.24. The molecule has 0 bridgehead atoms. The van der Waals surface area contributed by atoms with Gasteiger partial charge in [0.05, 0.1) is 12.6 Å². The summed E-state index contributed by atoms with van der Waals surface area (Å²) < 4.78 is 5.93. The fourth-order valence-electron chi connectivity index (χ4n) is 3.57. The van der Waals surface area contributed by atoms with Gasteiger partial charge in [0, 0.05) is 11.4 Å². The molecule has 4 nitrogen and oxygen atoms in total. The molecule has 1 saturated carbocycles. The van der Waals surface area contributed by atoms with E-state index >= 15 is 0 Å². The average molecular weight is 328 g/mol. The highest BCUT2D eigenvalue weighted by molar-refractivity contribution is 5.79. The first-order valence-electron chi connectivity index (χ1n) is 9.02. The third-order valence-electron chi connectivity index (χ3n) is 5.37. The fraction of sp³-hybridized carbons (Fsp3) is 0.550. The highest BCUT2D eigenvalue weighted by Gasteiger charge is 2.24. The van der Waals surface area contributed by atoms with Crippen LogP contribution < -0.4 is 5.32 Å². The Morgan fingerprint density at radius 3 is 2.83 bits per heavy atom. The minimum absolute atomic E-state index is 0.0620. The number of nitrogens with one attached hydrogen (secondary N) is 1. The number of nitrogens with zero attached hydrogens (tertiary/aromatic N) is 1. The molecule has 24 heavy (non-hydrogen) atoms. The minimum atomic E-state index is 0.0620. The lowest BCUT2D eigenvalue weighted by Gasteiger charge is -2.30. The van der Waals surface area contributed by atoms with E-state index in [0.717, 1.165) is 23.2 Å². The second kappa shape index (κ2) is 7.39. The molecule has 2 aromatic rings. The molecule has 0 spiro atoms. The van der Waals surface area contributed by atoms with Crippen molar-refractivity contribution in [1.82, 2.24) is 10.2 Å². The van der Waals surface area contributed by atoms with Gasteiger partial charge in [-0.05, 0) is 44.9 Å². The molecule has 1 fully saturated rings. The molecule has 0 saturated heterocycles. The van der Waals surface area contributed by atoms with Crippen molar-refractivity contribution in [2.75, 3.05) is 13.6 Å². The molecule has 3 rings (SSSR count). The molecule has 0 radical (unpaired) electrons. The first-order valence-corrected chi connectivity index (χ1v) is 9.02. The van der Waals surface area contributed by atoms with Gasteiger partial charge in [-0.25, -0.2) is 0 Å². The maximum Gasteiger partial charge on any atom is 0.234 e. The van der Waals surface area contributed by atoms with Crippen molar-refractivity contribution in [3.8, 4) is 0 Å². The number of carbonyl (C=O) groups is 1. The zero-order chi connectivity index (χ0) is 17.1. The standard InChI is InChI=1S/C20H28N2O2/c1-14-8-4-6-10-17(14)21-20(23)13-22(3)15(2)19-12-16-9-5-7-11-18(16)24-19/h5,7,9,11-12,14-15,17H,4,6,8,10,13H2,1-3H3,(H,21,23)/t14-,15+,17-/m1/s1. The maximum atomic E-state index is 12.4. The van der Waals surface area contributed by atoms with Crippen molar-refractivity contribution in [2.45, 2.75) is 51.6 Å². The van der Waals surface area contributed by atoms with Crippen LogP contribution in [0.4, 0.5) is 0 Å². The van der Waals surface area contributed by atoms with Crippen LogP contribution in [0.25, 0.3) is 11.0 Å². The molecule has 1 aliphatic rings. The second-order valence-electron chi connectivity index (χ2n) is 7.21. The number of benzene rings is 1. The maximum absolute atomic E-state index is 12.4. The molecular weight excluding hydrogens is 300 g/mol. The van der Waals surface area contributed by atoms with Gasteiger partial charge in [-0.15, -0.1) is 0 Å². The molecule has 0 aliphatic heterocycles. The molecule has 0 unspecified atom stereocenters. The summed E-state index contributed by atoms with van der Waals surface area (Å²) in [5, 5.41) is 4.33. The van der Waals surface area contributed by atoms with E-state index in [2.05, 4.69) is 25.2 Å². The van der Waals surface area contributed by atoms with Crippen molar-refractivity contribution in [1.29, 1.82) is 0 Å². The van der Waals surface area contributed by atoms with E-state index in [1.54, 1.807) is 0 Å². The van der Waals surface area contributed by atoms with Crippen LogP contribution in [0.3, 0.4) is 0 Å². The Morgan fingerprint density at radius 1 is 1.33 bits per heavy atom. The van der Waals surface area contributed by atoms with E-state index in [1.165, 1.54) is 19.3 Å². The molecule has 1 aliphatic carbocycles. The van der Waals surface area contributed by atoms with E-state index in [9.17, 15) is 4.79 Å². The molecule has 3 atom stereocenters. The lowest BCUT2D eigenvalue weighted by Crippen LogP contribution is -2.45. The van der Waals surface area contributed by atoms with Gasteiger partial charge in [-0.1, -0.05) is 38.0 Å².